The molecule has 0 aliphatic carbocycles. The normalized spacial score (nSPS) is 16.4. The summed E-state index contributed by atoms with van der Waals surface area (Å²) in [4.78, 5) is 76.5. The number of nitrogens with one attached hydrogen (secondary N) is 4. The van der Waals surface area contributed by atoms with Crippen molar-refractivity contribution in [3.63, 3.8) is 0 Å². The number of nitriles is 1. The fraction of sp³-hybridized carbons (Fsp3) is 0.396. The number of pyridine rings is 1. The summed E-state index contributed by atoms with van der Waals surface area (Å²) >= 11 is 0. The lowest BCUT2D eigenvalue weighted by Gasteiger charge is -2.32. The predicted molar refractivity (Wildman–Crippen MR) is 248 cm³/mol. The minimum absolute atomic E-state index is 0.00206. The lowest BCUT2D eigenvalue weighted by atomic mass is 9.93. The molecule has 5 rings (SSSR count). The van der Waals surface area contributed by atoms with Gasteiger partial charge in [-0.15, -0.1) is 0 Å². The molecule has 0 spiro atoms. The number of rotatable bonds is 17. The first-order valence-corrected chi connectivity index (χ1v) is 21.8. The number of benzene rings is 3. The number of aromatic nitrogens is 1. The van der Waals surface area contributed by atoms with Crippen molar-refractivity contribution >= 4 is 29.5 Å². The van der Waals surface area contributed by atoms with Crippen LogP contribution in [0.2, 0.25) is 0 Å². The maximum atomic E-state index is 14.7. The van der Waals surface area contributed by atoms with Gasteiger partial charge in [-0.3, -0.25) is 29.0 Å². The Bertz CT molecular complexity index is 2410. The molecule has 1 aliphatic heterocycles. The highest BCUT2D eigenvalue weighted by molar-refractivity contribution is 6.01. The van der Waals surface area contributed by atoms with Gasteiger partial charge in [-0.1, -0.05) is 12.1 Å². The molecule has 2 heterocycles. The third-order valence-electron chi connectivity index (χ3n) is 10.8. The summed E-state index contributed by atoms with van der Waals surface area (Å²) in [5, 5.41) is 20.0. The molecule has 0 fully saturated rings. The predicted octanol–water partition coefficient (Wildman–Crippen LogP) is 2.33. The van der Waals surface area contributed by atoms with Gasteiger partial charge in [0, 0.05) is 43.2 Å². The Labute approximate surface area is 384 Å². The molecule has 10 N–H and O–H groups in total. The van der Waals surface area contributed by atoms with Crippen molar-refractivity contribution in [2.45, 2.75) is 77.7 Å². The highest BCUT2D eigenvalue weighted by Crippen LogP contribution is 2.40. The zero-order valence-corrected chi connectivity index (χ0v) is 38.2. The van der Waals surface area contributed by atoms with E-state index in [-0.39, 0.29) is 63.9 Å². The van der Waals surface area contributed by atoms with Gasteiger partial charge in [-0.25, -0.2) is 0 Å². The van der Waals surface area contributed by atoms with Gasteiger partial charge in [0.05, 0.1) is 29.1 Å². The quantitative estimate of drug-likeness (QED) is 0.0751. The number of likely N-dealkylation sites (N-methyl/N-ethyl adjacent to an activating group) is 1. The summed E-state index contributed by atoms with van der Waals surface area (Å²) in [6.45, 7) is 9.21. The minimum Gasteiger partial charge on any atom is -0.492 e. The SMILES string of the molecule is Cc1cc(-c2ccc(OC(C)C)cc2)nc(C)c1C(=O)NC(CCN)C(=O)N(C)C1C(=O)NC(C)C(=O)NC(C(=O)NCC#N)Cc2ccc(OCCN)c(c2)-c2cc1ccc2OCCN. The number of amides is 5. The van der Waals surface area contributed by atoms with Crippen molar-refractivity contribution in [3.8, 4) is 45.7 Å². The molecular formula is C48H60N10O8. The Hall–Kier alpha value is -7.07. The second kappa shape index (κ2) is 23.2. The third kappa shape index (κ3) is 12.4. The summed E-state index contributed by atoms with van der Waals surface area (Å²) in [6, 6.07) is 16.4. The van der Waals surface area contributed by atoms with Gasteiger partial charge in [-0.05, 0) is 119 Å². The molecule has 4 atom stereocenters. The van der Waals surface area contributed by atoms with Crippen LogP contribution in [0.3, 0.4) is 0 Å². The van der Waals surface area contributed by atoms with E-state index in [2.05, 4.69) is 21.3 Å². The van der Waals surface area contributed by atoms with Crippen molar-refractivity contribution in [3.05, 3.63) is 94.7 Å². The van der Waals surface area contributed by atoms with E-state index in [0.29, 0.717) is 50.7 Å². The summed E-state index contributed by atoms with van der Waals surface area (Å²) in [7, 11) is 1.42. The third-order valence-corrected chi connectivity index (χ3v) is 10.8. The van der Waals surface area contributed by atoms with E-state index in [9.17, 15) is 24.0 Å². The van der Waals surface area contributed by atoms with E-state index in [1.807, 2.05) is 44.2 Å². The number of hydrogen-bond acceptors (Lipinski definition) is 13. The molecule has 4 bridgehead atoms. The summed E-state index contributed by atoms with van der Waals surface area (Å²) in [5.74, 6) is -1.79. The first-order chi connectivity index (χ1) is 31.6. The van der Waals surface area contributed by atoms with Crippen LogP contribution in [-0.2, 0) is 25.6 Å². The Morgan fingerprint density at radius 3 is 2.15 bits per heavy atom. The van der Waals surface area contributed by atoms with Crippen LogP contribution in [0.25, 0.3) is 22.4 Å². The number of carbonyl (C=O) groups is 5. The monoisotopic (exact) mass is 904 g/mol. The largest absolute Gasteiger partial charge is 0.492 e. The van der Waals surface area contributed by atoms with Crippen LogP contribution in [0.15, 0.2) is 66.7 Å². The van der Waals surface area contributed by atoms with E-state index >= 15 is 0 Å². The van der Waals surface area contributed by atoms with Crippen LogP contribution < -0.4 is 52.7 Å². The molecule has 1 aliphatic rings. The number of ether oxygens (including phenoxy) is 3. The van der Waals surface area contributed by atoms with Crippen molar-refractivity contribution in [2.24, 2.45) is 17.2 Å². The molecule has 4 aromatic rings. The van der Waals surface area contributed by atoms with Crippen molar-refractivity contribution in [1.82, 2.24) is 31.2 Å². The van der Waals surface area contributed by atoms with E-state index in [1.165, 1.54) is 18.9 Å². The van der Waals surface area contributed by atoms with Crippen molar-refractivity contribution in [2.75, 3.05) is 46.4 Å². The fourth-order valence-electron chi connectivity index (χ4n) is 7.66. The lowest BCUT2D eigenvalue weighted by molar-refractivity contribution is -0.141. The zero-order valence-electron chi connectivity index (χ0n) is 38.2. The van der Waals surface area contributed by atoms with E-state index in [4.69, 9.17) is 41.7 Å². The smallest absolute Gasteiger partial charge is 0.254 e. The van der Waals surface area contributed by atoms with Crippen LogP contribution in [0, 0.1) is 25.2 Å². The molecule has 5 amide bonds. The Balaban J connectivity index is 1.56. The first-order valence-electron chi connectivity index (χ1n) is 21.8. The van der Waals surface area contributed by atoms with Gasteiger partial charge in [0.15, 0.2) is 0 Å². The number of nitrogens with two attached hydrogens (primary N) is 3. The molecule has 0 saturated carbocycles. The van der Waals surface area contributed by atoms with E-state index in [0.717, 1.165) is 11.3 Å². The number of hydrogen-bond donors (Lipinski definition) is 7. The zero-order chi connectivity index (χ0) is 48.1. The van der Waals surface area contributed by atoms with E-state index < -0.39 is 53.7 Å². The second-order valence-electron chi connectivity index (χ2n) is 16.2. The Morgan fingerprint density at radius 2 is 1.55 bits per heavy atom. The maximum absolute atomic E-state index is 14.7. The van der Waals surface area contributed by atoms with Crippen molar-refractivity contribution < 1.29 is 38.2 Å². The van der Waals surface area contributed by atoms with Gasteiger partial charge in [0.2, 0.25) is 23.6 Å². The van der Waals surface area contributed by atoms with Crippen LogP contribution in [0.1, 0.15) is 66.0 Å². The standard InChI is InChI=1S/C48H60N10O8/c1-27(2)66-34-11-8-32(9-12-34)38-23-28(3)42(29(4)54-38)46(61)56-37(15-16-49)48(63)58(6)43-33-10-14-41(65-22-19-52)36(26-33)35-24-31(7-13-40(35)64-21-18-51)25-39(45(60)53-20-17-50)57-44(59)30(5)55-47(43)62/h7-14,23-24,26-27,30,37,39,43H,15-16,18-22,25,49,51-52H2,1-6H3,(H,53,60)(H,55,62)(H,56,61)(H,57,59). The topological polar surface area (TPSA) is 279 Å². The van der Waals surface area contributed by atoms with Gasteiger partial charge in [-0.2, -0.15) is 5.26 Å². The first kappa shape index (κ1) is 49.9. The van der Waals surface area contributed by atoms with Gasteiger partial charge in [0.25, 0.3) is 5.91 Å². The van der Waals surface area contributed by atoms with Crippen LogP contribution in [0.5, 0.6) is 17.2 Å². The number of nitrogens with zero attached hydrogens (tertiary/aromatic N) is 3. The maximum Gasteiger partial charge on any atom is 0.254 e. The molecule has 3 aromatic carbocycles. The number of aryl methyl sites for hydroxylation is 2. The Morgan fingerprint density at radius 1 is 0.894 bits per heavy atom. The molecule has 1 aromatic heterocycles. The molecule has 18 nitrogen and oxygen atoms in total. The second-order valence-corrected chi connectivity index (χ2v) is 16.2. The molecular weight excluding hydrogens is 845 g/mol. The molecule has 66 heavy (non-hydrogen) atoms. The highest BCUT2D eigenvalue weighted by Gasteiger charge is 2.36. The minimum atomic E-state index is -1.40. The average molecular weight is 905 g/mol. The van der Waals surface area contributed by atoms with Crippen molar-refractivity contribution in [1.29, 1.82) is 5.26 Å². The van der Waals surface area contributed by atoms with Crippen LogP contribution in [-0.4, -0.2) is 110 Å². The lowest BCUT2D eigenvalue weighted by Crippen LogP contribution is -2.56. The Kier molecular flexibility index (Phi) is 17.6. The molecule has 350 valence electrons. The molecule has 0 saturated heterocycles. The summed E-state index contributed by atoms with van der Waals surface area (Å²) < 4.78 is 18.0. The molecule has 4 unspecified atom stereocenters. The van der Waals surface area contributed by atoms with Gasteiger partial charge < -0.3 is 57.6 Å². The van der Waals surface area contributed by atoms with E-state index in [1.54, 1.807) is 56.3 Å². The summed E-state index contributed by atoms with van der Waals surface area (Å²) in [6.07, 6.45) is 0.0297. The molecule has 18 heteroatoms. The number of carbonyl (C=O) groups excluding carboxylic acids is 5. The molecule has 0 radical (unpaired) electrons. The van der Waals surface area contributed by atoms with Gasteiger partial charge >= 0.3 is 0 Å². The fourth-order valence-corrected chi connectivity index (χ4v) is 7.66. The summed E-state index contributed by atoms with van der Waals surface area (Å²) in [5.41, 5.74) is 22.4. The highest BCUT2D eigenvalue weighted by atomic mass is 16.5. The van der Waals surface area contributed by atoms with Crippen LogP contribution >= 0.6 is 0 Å². The van der Waals surface area contributed by atoms with Crippen LogP contribution in [0.4, 0.5) is 0 Å². The number of fused-ring (bicyclic) bond motifs is 5. The van der Waals surface area contributed by atoms with Gasteiger partial charge in [0.1, 0.15) is 61.2 Å². The average Bonchev–Trinajstić information content (AvgIpc) is 3.28.